The maximum Gasteiger partial charge on any atom is 0.0734 e. The van der Waals surface area contributed by atoms with Gasteiger partial charge in [-0.15, -0.1) is 0 Å². The molecule has 2 aromatic rings. The fourth-order valence-electron chi connectivity index (χ4n) is 3.65. The first-order chi connectivity index (χ1) is 10.8. The molecule has 0 saturated carbocycles. The van der Waals surface area contributed by atoms with Gasteiger partial charge in [-0.2, -0.15) is 0 Å². The van der Waals surface area contributed by atoms with E-state index >= 15 is 0 Å². The van der Waals surface area contributed by atoms with E-state index in [1.807, 2.05) is 12.3 Å². The van der Waals surface area contributed by atoms with Crippen molar-refractivity contribution in [3.63, 3.8) is 0 Å². The summed E-state index contributed by atoms with van der Waals surface area (Å²) < 4.78 is 0. The van der Waals surface area contributed by atoms with Gasteiger partial charge < -0.3 is 5.11 Å². The highest BCUT2D eigenvalue weighted by molar-refractivity contribution is 5.84. The number of aryl methyl sites for hydroxylation is 1. The number of aromatic nitrogens is 1. The van der Waals surface area contributed by atoms with Crippen LogP contribution in [-0.2, 0) is 6.54 Å². The van der Waals surface area contributed by atoms with E-state index < -0.39 is 0 Å². The largest absolute Gasteiger partial charge is 0.396 e. The number of benzene rings is 1. The van der Waals surface area contributed by atoms with Crippen molar-refractivity contribution in [2.45, 2.75) is 51.6 Å². The fraction of sp³-hybridized carbons (Fsp3) is 0.526. The van der Waals surface area contributed by atoms with Gasteiger partial charge in [-0.3, -0.25) is 9.88 Å². The van der Waals surface area contributed by atoms with Crippen molar-refractivity contribution in [1.29, 1.82) is 0 Å². The Morgan fingerprint density at radius 3 is 3.05 bits per heavy atom. The van der Waals surface area contributed by atoms with Crippen molar-refractivity contribution in [3.05, 3.63) is 41.6 Å². The first kappa shape index (κ1) is 15.4. The van der Waals surface area contributed by atoms with Gasteiger partial charge in [-0.1, -0.05) is 24.6 Å². The predicted octanol–water partition coefficient (Wildman–Crippen LogP) is 3.67. The molecule has 0 unspecified atom stereocenters. The molecular formula is C19H26N2O. The monoisotopic (exact) mass is 298 g/mol. The standard InChI is InChI=1S/C19H26N2O/c1-15-9-10-16(18-8-4-11-20-19(15)18)14-21-12-3-2-6-17(21)7-5-13-22/h4,8-11,17,22H,2-3,5-7,12-14H2,1H3/t17-/m0/s1. The molecule has 1 atom stereocenters. The number of aliphatic hydroxyl groups is 1. The first-order valence-electron chi connectivity index (χ1n) is 8.47. The van der Waals surface area contributed by atoms with E-state index in [2.05, 4.69) is 35.0 Å². The Morgan fingerprint density at radius 2 is 2.18 bits per heavy atom. The smallest absolute Gasteiger partial charge is 0.0734 e. The number of fused-ring (bicyclic) bond motifs is 1. The lowest BCUT2D eigenvalue weighted by molar-refractivity contribution is 0.124. The summed E-state index contributed by atoms with van der Waals surface area (Å²) >= 11 is 0. The molecule has 0 radical (unpaired) electrons. The van der Waals surface area contributed by atoms with Gasteiger partial charge >= 0.3 is 0 Å². The summed E-state index contributed by atoms with van der Waals surface area (Å²) in [5, 5.41) is 10.4. The van der Waals surface area contributed by atoms with Gasteiger partial charge in [0.25, 0.3) is 0 Å². The summed E-state index contributed by atoms with van der Waals surface area (Å²) in [6.45, 7) is 4.61. The maximum atomic E-state index is 9.12. The van der Waals surface area contributed by atoms with Crippen LogP contribution in [0.2, 0.25) is 0 Å². The van der Waals surface area contributed by atoms with Crippen LogP contribution in [0.4, 0.5) is 0 Å². The zero-order valence-electron chi connectivity index (χ0n) is 13.5. The lowest BCUT2D eigenvalue weighted by atomic mass is 9.96. The highest BCUT2D eigenvalue weighted by Crippen LogP contribution is 2.26. The van der Waals surface area contributed by atoms with E-state index in [9.17, 15) is 0 Å². The molecule has 22 heavy (non-hydrogen) atoms. The molecule has 1 aromatic carbocycles. The van der Waals surface area contributed by atoms with Crippen molar-refractivity contribution in [2.75, 3.05) is 13.2 Å². The van der Waals surface area contributed by atoms with E-state index in [-0.39, 0.29) is 0 Å². The van der Waals surface area contributed by atoms with E-state index in [1.54, 1.807) is 0 Å². The van der Waals surface area contributed by atoms with Crippen LogP contribution in [0.5, 0.6) is 0 Å². The Hall–Kier alpha value is -1.45. The Labute approximate surface area is 133 Å². The number of pyridine rings is 1. The molecule has 0 amide bonds. The van der Waals surface area contributed by atoms with E-state index in [0.717, 1.165) is 24.9 Å². The number of piperidine rings is 1. The molecule has 3 nitrogen and oxygen atoms in total. The third-order valence-corrected chi connectivity index (χ3v) is 4.88. The Balaban J connectivity index is 1.83. The van der Waals surface area contributed by atoms with Crippen LogP contribution >= 0.6 is 0 Å². The van der Waals surface area contributed by atoms with Crippen LogP contribution in [0.25, 0.3) is 10.9 Å². The zero-order chi connectivity index (χ0) is 15.4. The molecule has 3 heteroatoms. The second-order valence-corrected chi connectivity index (χ2v) is 6.43. The molecule has 0 bridgehead atoms. The lowest BCUT2D eigenvalue weighted by Crippen LogP contribution is -2.39. The van der Waals surface area contributed by atoms with Crippen molar-refractivity contribution in [2.24, 2.45) is 0 Å². The minimum atomic E-state index is 0.307. The van der Waals surface area contributed by atoms with Crippen molar-refractivity contribution in [3.8, 4) is 0 Å². The minimum Gasteiger partial charge on any atom is -0.396 e. The summed E-state index contributed by atoms with van der Waals surface area (Å²) in [5.41, 5.74) is 3.75. The van der Waals surface area contributed by atoms with Gasteiger partial charge in [0.2, 0.25) is 0 Å². The molecule has 1 aromatic heterocycles. The Kier molecular flexibility index (Phi) is 5.06. The average molecular weight is 298 g/mol. The quantitative estimate of drug-likeness (QED) is 0.915. The highest BCUT2D eigenvalue weighted by Gasteiger charge is 2.22. The van der Waals surface area contributed by atoms with Crippen LogP contribution in [0.15, 0.2) is 30.5 Å². The van der Waals surface area contributed by atoms with Gasteiger partial charge in [0, 0.05) is 30.8 Å². The van der Waals surface area contributed by atoms with Crippen molar-refractivity contribution >= 4 is 10.9 Å². The average Bonchev–Trinajstić information content (AvgIpc) is 2.57. The van der Waals surface area contributed by atoms with Crippen LogP contribution in [-0.4, -0.2) is 34.2 Å². The molecule has 118 valence electrons. The molecule has 1 fully saturated rings. The summed E-state index contributed by atoms with van der Waals surface area (Å²) in [4.78, 5) is 7.16. The molecular weight excluding hydrogens is 272 g/mol. The normalized spacial score (nSPS) is 19.6. The van der Waals surface area contributed by atoms with Gasteiger partial charge in [0.1, 0.15) is 0 Å². The zero-order valence-corrected chi connectivity index (χ0v) is 13.5. The van der Waals surface area contributed by atoms with Gasteiger partial charge in [-0.25, -0.2) is 0 Å². The lowest BCUT2D eigenvalue weighted by Gasteiger charge is -2.36. The highest BCUT2D eigenvalue weighted by atomic mass is 16.2. The molecule has 0 spiro atoms. The summed E-state index contributed by atoms with van der Waals surface area (Å²) in [6.07, 6.45) is 7.78. The summed E-state index contributed by atoms with van der Waals surface area (Å²) in [6, 6.07) is 9.30. The molecule has 3 rings (SSSR count). The Bertz CT molecular complexity index is 626. The van der Waals surface area contributed by atoms with Gasteiger partial charge in [0.15, 0.2) is 0 Å². The number of hydrogen-bond donors (Lipinski definition) is 1. The second kappa shape index (κ2) is 7.21. The SMILES string of the molecule is Cc1ccc(CN2CCCC[C@H]2CCCO)c2cccnc12. The number of likely N-dealkylation sites (tertiary alicyclic amines) is 1. The number of aliphatic hydroxyl groups excluding tert-OH is 1. The van der Waals surface area contributed by atoms with Crippen LogP contribution in [0.3, 0.4) is 0 Å². The predicted molar refractivity (Wildman–Crippen MR) is 90.8 cm³/mol. The summed E-state index contributed by atoms with van der Waals surface area (Å²) in [5.74, 6) is 0. The van der Waals surface area contributed by atoms with Crippen molar-refractivity contribution < 1.29 is 5.11 Å². The van der Waals surface area contributed by atoms with Crippen LogP contribution < -0.4 is 0 Å². The van der Waals surface area contributed by atoms with Gasteiger partial charge in [-0.05, 0) is 56.3 Å². The van der Waals surface area contributed by atoms with E-state index in [0.29, 0.717) is 12.6 Å². The van der Waals surface area contributed by atoms with E-state index in [4.69, 9.17) is 5.11 Å². The summed E-state index contributed by atoms with van der Waals surface area (Å²) in [7, 11) is 0. The number of rotatable bonds is 5. The molecule has 0 aliphatic carbocycles. The third kappa shape index (κ3) is 3.31. The molecule has 1 aliphatic rings. The number of hydrogen-bond acceptors (Lipinski definition) is 3. The maximum absolute atomic E-state index is 9.12. The minimum absolute atomic E-state index is 0.307. The first-order valence-corrected chi connectivity index (χ1v) is 8.47. The molecule has 1 saturated heterocycles. The second-order valence-electron chi connectivity index (χ2n) is 6.43. The van der Waals surface area contributed by atoms with Crippen molar-refractivity contribution in [1.82, 2.24) is 9.88 Å². The number of nitrogens with zero attached hydrogens (tertiary/aromatic N) is 2. The van der Waals surface area contributed by atoms with Crippen LogP contribution in [0, 0.1) is 6.92 Å². The topological polar surface area (TPSA) is 36.4 Å². The van der Waals surface area contributed by atoms with Crippen LogP contribution in [0.1, 0.15) is 43.2 Å². The molecule has 1 N–H and O–H groups in total. The third-order valence-electron chi connectivity index (χ3n) is 4.88. The molecule has 2 heterocycles. The fourth-order valence-corrected chi connectivity index (χ4v) is 3.65. The van der Waals surface area contributed by atoms with Gasteiger partial charge in [0.05, 0.1) is 5.52 Å². The Morgan fingerprint density at radius 1 is 1.27 bits per heavy atom. The van der Waals surface area contributed by atoms with E-state index in [1.165, 1.54) is 42.3 Å². The molecule has 1 aliphatic heterocycles.